The highest BCUT2D eigenvalue weighted by atomic mass is 32.1. The summed E-state index contributed by atoms with van der Waals surface area (Å²) in [6.45, 7) is 2.05. The Bertz CT molecular complexity index is 1140. The Labute approximate surface area is 160 Å². The molecule has 4 nitrogen and oxygen atoms in total. The fourth-order valence-electron chi connectivity index (χ4n) is 3.46. The summed E-state index contributed by atoms with van der Waals surface area (Å²) < 4.78 is 7.04. The minimum Gasteiger partial charge on any atom is -0.457 e. The number of rotatable bonds is 2. The van der Waals surface area contributed by atoms with Crippen LogP contribution in [0.2, 0.25) is 0 Å². The lowest BCUT2D eigenvalue weighted by Gasteiger charge is -2.27. The van der Waals surface area contributed by atoms with E-state index in [2.05, 4.69) is 16.4 Å². The van der Waals surface area contributed by atoms with Gasteiger partial charge in [0.05, 0.1) is 16.1 Å². The minimum absolute atomic E-state index is 0.103. The first-order valence-corrected chi connectivity index (χ1v) is 9.54. The fourth-order valence-corrected chi connectivity index (χ4v) is 4.42. The summed E-state index contributed by atoms with van der Waals surface area (Å²) >= 11 is 1.49. The predicted molar refractivity (Wildman–Crippen MR) is 108 cm³/mol. The molecule has 0 saturated carbocycles. The molecule has 0 atom stereocenters. The number of nitrogens with one attached hydrogen (secondary N) is 1. The van der Waals surface area contributed by atoms with E-state index in [1.807, 2.05) is 67.6 Å². The lowest BCUT2D eigenvalue weighted by molar-refractivity contribution is -0.116. The van der Waals surface area contributed by atoms with Gasteiger partial charge in [-0.15, -0.1) is 0 Å². The maximum Gasteiger partial charge on any atom is 0.238 e. The van der Waals surface area contributed by atoms with Crippen molar-refractivity contribution >= 4 is 32.6 Å². The third-order valence-corrected chi connectivity index (χ3v) is 5.65. The molecule has 4 aromatic rings. The highest BCUT2D eigenvalue weighted by Crippen LogP contribution is 2.44. The average molecular weight is 372 g/mol. The van der Waals surface area contributed by atoms with Gasteiger partial charge in [-0.2, -0.15) is 0 Å². The summed E-state index contributed by atoms with van der Waals surface area (Å²) in [5, 5.41) is 3.63. The number of nitrogens with zero attached hydrogens (tertiary/aromatic N) is 1. The number of hydrogen-bond acceptors (Lipinski definition) is 4. The van der Waals surface area contributed by atoms with Gasteiger partial charge in [0.25, 0.3) is 0 Å². The molecule has 0 fully saturated rings. The number of amides is 1. The first-order chi connectivity index (χ1) is 13.2. The molecular formula is C22H16N2O2S. The van der Waals surface area contributed by atoms with E-state index in [0.29, 0.717) is 5.13 Å². The number of aryl methyl sites for hydroxylation is 1. The molecule has 3 aromatic carbocycles. The zero-order chi connectivity index (χ0) is 18.4. The van der Waals surface area contributed by atoms with Crippen molar-refractivity contribution in [2.45, 2.75) is 12.8 Å². The van der Waals surface area contributed by atoms with Crippen molar-refractivity contribution in [3.05, 3.63) is 83.4 Å². The molecule has 0 aliphatic carbocycles. The van der Waals surface area contributed by atoms with Gasteiger partial charge in [0.1, 0.15) is 11.5 Å². The van der Waals surface area contributed by atoms with Gasteiger partial charge >= 0.3 is 0 Å². The Hall–Kier alpha value is -3.18. The van der Waals surface area contributed by atoms with Gasteiger partial charge in [0.2, 0.25) is 5.91 Å². The lowest BCUT2D eigenvalue weighted by Crippen LogP contribution is -2.24. The van der Waals surface area contributed by atoms with Crippen LogP contribution in [-0.2, 0) is 4.79 Å². The Morgan fingerprint density at radius 2 is 1.67 bits per heavy atom. The molecule has 5 heteroatoms. The number of anilines is 1. The molecule has 1 aliphatic heterocycles. The summed E-state index contributed by atoms with van der Waals surface area (Å²) in [7, 11) is 0. The van der Waals surface area contributed by atoms with Gasteiger partial charge in [-0.3, -0.25) is 4.79 Å². The molecule has 0 unspecified atom stereocenters. The maximum atomic E-state index is 13.2. The quantitative estimate of drug-likeness (QED) is 0.507. The van der Waals surface area contributed by atoms with Crippen LogP contribution in [0, 0.1) is 6.92 Å². The first-order valence-electron chi connectivity index (χ1n) is 8.73. The summed E-state index contributed by atoms with van der Waals surface area (Å²) in [5.41, 5.74) is 3.81. The second kappa shape index (κ2) is 6.21. The number of thiazole rings is 1. The Kier molecular flexibility index (Phi) is 3.69. The number of fused-ring (bicyclic) bond motifs is 3. The number of ether oxygens (including phenoxy) is 1. The van der Waals surface area contributed by atoms with Crippen molar-refractivity contribution in [3.8, 4) is 11.5 Å². The van der Waals surface area contributed by atoms with Gasteiger partial charge < -0.3 is 10.1 Å². The fraction of sp³-hybridized carbons (Fsp3) is 0.0909. The van der Waals surface area contributed by atoms with Gasteiger partial charge in [0, 0.05) is 11.1 Å². The van der Waals surface area contributed by atoms with Crippen molar-refractivity contribution < 1.29 is 9.53 Å². The minimum atomic E-state index is -0.431. The van der Waals surface area contributed by atoms with Crippen LogP contribution in [0.25, 0.3) is 10.2 Å². The lowest BCUT2D eigenvalue weighted by atomic mass is 9.87. The van der Waals surface area contributed by atoms with Crippen molar-refractivity contribution in [2.24, 2.45) is 0 Å². The molecule has 2 heterocycles. The normalized spacial score (nSPS) is 12.9. The van der Waals surface area contributed by atoms with Gasteiger partial charge in [-0.25, -0.2) is 4.98 Å². The van der Waals surface area contributed by atoms with E-state index in [-0.39, 0.29) is 5.91 Å². The molecule has 1 N–H and O–H groups in total. The topological polar surface area (TPSA) is 51.2 Å². The van der Waals surface area contributed by atoms with E-state index in [1.165, 1.54) is 16.9 Å². The third-order valence-electron chi connectivity index (χ3n) is 4.72. The zero-order valence-electron chi connectivity index (χ0n) is 14.6. The second-order valence-electron chi connectivity index (χ2n) is 6.59. The van der Waals surface area contributed by atoms with Crippen molar-refractivity contribution in [1.29, 1.82) is 0 Å². The monoisotopic (exact) mass is 372 g/mol. The molecule has 0 saturated heterocycles. The van der Waals surface area contributed by atoms with E-state index in [1.54, 1.807) is 0 Å². The van der Waals surface area contributed by atoms with Crippen LogP contribution in [-0.4, -0.2) is 10.9 Å². The summed E-state index contributed by atoms with van der Waals surface area (Å²) in [4.78, 5) is 17.8. The van der Waals surface area contributed by atoms with Crippen LogP contribution >= 0.6 is 11.3 Å². The van der Waals surface area contributed by atoms with Crippen LogP contribution in [0.3, 0.4) is 0 Å². The van der Waals surface area contributed by atoms with Crippen LogP contribution in [0.4, 0.5) is 5.13 Å². The highest BCUT2D eigenvalue weighted by Gasteiger charge is 2.32. The Balaban J connectivity index is 1.54. The Morgan fingerprint density at radius 3 is 2.37 bits per heavy atom. The zero-order valence-corrected chi connectivity index (χ0v) is 15.4. The number of carbonyl (C=O) groups is 1. The number of hydrogen-bond donors (Lipinski definition) is 1. The number of carbonyl (C=O) groups excluding carboxylic acids is 1. The summed E-state index contributed by atoms with van der Waals surface area (Å²) in [6.07, 6.45) is 0. The largest absolute Gasteiger partial charge is 0.457 e. The van der Waals surface area contributed by atoms with E-state index < -0.39 is 5.92 Å². The summed E-state index contributed by atoms with van der Waals surface area (Å²) in [5.74, 6) is 0.904. The molecule has 132 valence electrons. The molecule has 1 aliphatic rings. The van der Waals surface area contributed by atoms with Crippen molar-refractivity contribution in [2.75, 3.05) is 5.32 Å². The molecule has 1 amide bonds. The van der Waals surface area contributed by atoms with E-state index in [0.717, 1.165) is 32.8 Å². The molecule has 1 aromatic heterocycles. The molecule has 0 radical (unpaired) electrons. The molecule has 5 rings (SSSR count). The molecular weight excluding hydrogens is 356 g/mol. The van der Waals surface area contributed by atoms with Crippen LogP contribution in [0.5, 0.6) is 11.5 Å². The smallest absolute Gasteiger partial charge is 0.238 e. The number of aromatic nitrogens is 1. The first kappa shape index (κ1) is 16.0. The highest BCUT2D eigenvalue weighted by molar-refractivity contribution is 7.22. The SMILES string of the molecule is Cc1ccc2nc(NC(=O)C3c4ccccc4Oc4ccccc43)sc2c1. The van der Waals surface area contributed by atoms with E-state index in [4.69, 9.17) is 4.74 Å². The van der Waals surface area contributed by atoms with Gasteiger partial charge in [-0.05, 0) is 36.8 Å². The van der Waals surface area contributed by atoms with Gasteiger partial charge in [-0.1, -0.05) is 53.8 Å². The molecule has 27 heavy (non-hydrogen) atoms. The second-order valence-corrected chi connectivity index (χ2v) is 7.62. The van der Waals surface area contributed by atoms with Crippen LogP contribution < -0.4 is 10.1 Å². The molecule has 0 spiro atoms. The average Bonchev–Trinajstić information content (AvgIpc) is 3.07. The van der Waals surface area contributed by atoms with Crippen molar-refractivity contribution in [1.82, 2.24) is 4.98 Å². The molecule has 0 bridgehead atoms. The number of para-hydroxylation sites is 2. The van der Waals surface area contributed by atoms with Crippen molar-refractivity contribution in [3.63, 3.8) is 0 Å². The van der Waals surface area contributed by atoms with E-state index >= 15 is 0 Å². The summed E-state index contributed by atoms with van der Waals surface area (Å²) in [6, 6.07) is 21.5. The predicted octanol–water partition coefficient (Wildman–Crippen LogP) is 5.48. The number of benzene rings is 3. The third kappa shape index (κ3) is 2.76. The van der Waals surface area contributed by atoms with Crippen LogP contribution in [0.1, 0.15) is 22.6 Å². The maximum absolute atomic E-state index is 13.2. The Morgan fingerprint density at radius 1 is 1.00 bits per heavy atom. The van der Waals surface area contributed by atoms with Gasteiger partial charge in [0.15, 0.2) is 5.13 Å². The standard InChI is InChI=1S/C22H16N2O2S/c1-13-10-11-16-19(12-13)27-22(23-16)24-21(25)20-14-6-2-4-8-17(14)26-18-9-5-3-7-15(18)20/h2-12,20H,1H3,(H,23,24,25). The van der Waals surface area contributed by atoms with E-state index in [9.17, 15) is 4.79 Å². The van der Waals surface area contributed by atoms with Crippen LogP contribution in [0.15, 0.2) is 66.7 Å².